The Bertz CT molecular complexity index is 1800. The third kappa shape index (κ3) is 4.66. The lowest BCUT2D eigenvalue weighted by molar-refractivity contribution is -0.113. The van der Waals surface area contributed by atoms with Gasteiger partial charge in [-0.15, -0.1) is 0 Å². The number of amides is 1. The second-order valence-electron chi connectivity index (χ2n) is 8.65. The molecule has 1 amide bonds. The van der Waals surface area contributed by atoms with Crippen molar-refractivity contribution in [2.24, 2.45) is 7.05 Å². The molecule has 1 aliphatic rings. The second kappa shape index (κ2) is 9.66. The van der Waals surface area contributed by atoms with Crippen LogP contribution in [0.15, 0.2) is 72.2 Å². The molecule has 1 aliphatic carbocycles. The van der Waals surface area contributed by atoms with Gasteiger partial charge in [-0.2, -0.15) is 8.42 Å². The Labute approximate surface area is 220 Å². The maximum absolute atomic E-state index is 14.7. The van der Waals surface area contributed by atoms with Crippen molar-refractivity contribution < 1.29 is 26.8 Å². The highest BCUT2D eigenvalue weighted by Crippen LogP contribution is 2.36. The predicted octanol–water partition coefficient (Wildman–Crippen LogP) is 4.39. The van der Waals surface area contributed by atoms with Crippen LogP contribution in [0.2, 0.25) is 5.02 Å². The van der Waals surface area contributed by atoms with Gasteiger partial charge in [0.25, 0.3) is 15.9 Å². The highest BCUT2D eigenvalue weighted by Gasteiger charge is 2.31. The topological polar surface area (TPSA) is 103 Å². The summed E-state index contributed by atoms with van der Waals surface area (Å²) in [6.07, 6.45) is 7.33. The molecule has 2 aromatic carbocycles. The summed E-state index contributed by atoms with van der Waals surface area (Å²) in [5.41, 5.74) is 0.312. The number of aryl methyl sites for hydroxylation is 1. The number of hydrogen-bond donors (Lipinski definition) is 1. The number of carbonyl (C=O) groups is 2. The number of Topliss-reactive ketones (excluding diaryl/α,β-unsaturated/α-hetero) is 1. The number of fused-ring (bicyclic) bond motifs is 1. The van der Waals surface area contributed by atoms with Crippen LogP contribution in [-0.2, 0) is 28.4 Å². The van der Waals surface area contributed by atoms with Crippen molar-refractivity contribution >= 4 is 49.8 Å². The van der Waals surface area contributed by atoms with Gasteiger partial charge in [-0.1, -0.05) is 29.8 Å². The van der Waals surface area contributed by atoms with Gasteiger partial charge >= 0.3 is 0 Å². The molecule has 8 nitrogen and oxygen atoms in total. The van der Waals surface area contributed by atoms with E-state index in [-0.39, 0.29) is 41.1 Å². The van der Waals surface area contributed by atoms with Crippen LogP contribution in [0.4, 0.5) is 8.78 Å². The monoisotopic (exact) mass is 556 g/mol. The summed E-state index contributed by atoms with van der Waals surface area (Å²) in [7, 11) is -2.86. The molecule has 0 aliphatic heterocycles. The summed E-state index contributed by atoms with van der Waals surface area (Å²) in [6, 6.07) is 7.53. The zero-order valence-corrected chi connectivity index (χ0v) is 21.4. The zero-order chi connectivity index (χ0) is 27.2. The molecular formula is C26H19ClF2N4O4S. The third-order valence-corrected chi connectivity index (χ3v) is 7.48. The molecule has 2 aromatic heterocycles. The van der Waals surface area contributed by atoms with Gasteiger partial charge in [0.2, 0.25) is 0 Å². The molecule has 5 rings (SSSR count). The average molecular weight is 557 g/mol. The molecule has 194 valence electrons. The molecule has 0 saturated heterocycles. The fourth-order valence-electron chi connectivity index (χ4n) is 4.35. The number of carbonyl (C=O) groups excluding carboxylic acids is 2. The van der Waals surface area contributed by atoms with Crippen molar-refractivity contribution in [3.05, 3.63) is 101 Å². The van der Waals surface area contributed by atoms with Crippen LogP contribution in [0.1, 0.15) is 28.0 Å². The van der Waals surface area contributed by atoms with Crippen LogP contribution in [0, 0.1) is 11.6 Å². The lowest BCUT2D eigenvalue weighted by Crippen LogP contribution is -2.33. The maximum Gasteiger partial charge on any atom is 0.283 e. The molecule has 4 aromatic rings. The van der Waals surface area contributed by atoms with E-state index in [1.807, 2.05) is 4.72 Å². The number of sulfonamides is 1. The van der Waals surface area contributed by atoms with E-state index < -0.39 is 32.6 Å². The van der Waals surface area contributed by atoms with Crippen LogP contribution < -0.4 is 4.72 Å². The van der Waals surface area contributed by atoms with Crippen LogP contribution >= 0.6 is 11.6 Å². The summed E-state index contributed by atoms with van der Waals surface area (Å²) in [4.78, 5) is 30.5. The summed E-state index contributed by atoms with van der Waals surface area (Å²) >= 11 is 6.26. The molecule has 0 fully saturated rings. The first-order valence-electron chi connectivity index (χ1n) is 11.3. The number of aromatic nitrogens is 3. The van der Waals surface area contributed by atoms with E-state index in [4.69, 9.17) is 11.6 Å². The number of imidazole rings is 1. The van der Waals surface area contributed by atoms with Gasteiger partial charge in [0.15, 0.2) is 10.8 Å². The predicted molar refractivity (Wildman–Crippen MR) is 137 cm³/mol. The highest BCUT2D eigenvalue weighted by molar-refractivity contribution is 7.90. The molecule has 0 bridgehead atoms. The summed E-state index contributed by atoms with van der Waals surface area (Å²) in [6.45, 7) is -0.342. The average Bonchev–Trinajstić information content (AvgIpc) is 3.43. The van der Waals surface area contributed by atoms with E-state index in [9.17, 15) is 26.8 Å². The number of benzene rings is 2. The smallest absolute Gasteiger partial charge is 0.283 e. The SMILES string of the molecule is Cn1cnc(S(=O)(=O)NC(=O)c2c(C3=CC=CCC3=O)c3cc(Cl)ccc3n2Cc2cc(F)ccc2F)c1. The largest absolute Gasteiger partial charge is 0.339 e. The van der Waals surface area contributed by atoms with E-state index in [1.54, 1.807) is 25.3 Å². The van der Waals surface area contributed by atoms with Crippen molar-refractivity contribution in [1.29, 1.82) is 0 Å². The lowest BCUT2D eigenvalue weighted by atomic mass is 9.93. The van der Waals surface area contributed by atoms with Crippen molar-refractivity contribution in [2.75, 3.05) is 0 Å². The number of ketones is 1. The van der Waals surface area contributed by atoms with Crippen LogP contribution in [0.3, 0.4) is 0 Å². The molecule has 0 spiro atoms. The minimum absolute atomic E-state index is 0.0604. The Balaban J connectivity index is 1.77. The summed E-state index contributed by atoms with van der Waals surface area (Å²) in [5.74, 6) is -2.82. The van der Waals surface area contributed by atoms with Crippen LogP contribution in [0.25, 0.3) is 16.5 Å². The lowest BCUT2D eigenvalue weighted by Gasteiger charge is -2.15. The minimum atomic E-state index is -4.42. The molecule has 0 unspecified atom stereocenters. The second-order valence-corrected chi connectivity index (χ2v) is 10.7. The number of hydrogen-bond acceptors (Lipinski definition) is 5. The molecule has 0 saturated carbocycles. The maximum atomic E-state index is 14.7. The molecule has 0 radical (unpaired) electrons. The van der Waals surface area contributed by atoms with E-state index in [1.165, 1.54) is 39.9 Å². The van der Waals surface area contributed by atoms with Crippen molar-refractivity contribution in [2.45, 2.75) is 18.0 Å². The highest BCUT2D eigenvalue weighted by atomic mass is 35.5. The Morgan fingerprint density at radius 2 is 1.97 bits per heavy atom. The van der Waals surface area contributed by atoms with Gasteiger partial charge in [0.1, 0.15) is 17.3 Å². The molecule has 1 N–H and O–H groups in total. The first-order valence-corrected chi connectivity index (χ1v) is 13.1. The number of nitrogens with one attached hydrogen (secondary N) is 1. The summed E-state index contributed by atoms with van der Waals surface area (Å²) < 4.78 is 59.4. The van der Waals surface area contributed by atoms with Gasteiger partial charge in [0.05, 0.1) is 12.9 Å². The number of allylic oxidation sites excluding steroid dienone is 4. The minimum Gasteiger partial charge on any atom is -0.339 e. The number of nitrogens with zero attached hydrogens (tertiary/aromatic N) is 3. The van der Waals surface area contributed by atoms with E-state index >= 15 is 0 Å². The normalized spacial score (nSPS) is 13.7. The van der Waals surface area contributed by atoms with Crippen molar-refractivity contribution in [3.63, 3.8) is 0 Å². The Kier molecular flexibility index (Phi) is 6.49. The molecule has 38 heavy (non-hydrogen) atoms. The zero-order valence-electron chi connectivity index (χ0n) is 19.8. The third-order valence-electron chi connectivity index (χ3n) is 6.03. The molecule has 2 heterocycles. The summed E-state index contributed by atoms with van der Waals surface area (Å²) in [5, 5.41) is 0.262. The van der Waals surface area contributed by atoms with Gasteiger partial charge in [0, 0.05) is 52.3 Å². The van der Waals surface area contributed by atoms with Gasteiger partial charge in [-0.25, -0.2) is 18.5 Å². The first kappa shape index (κ1) is 25.6. The quantitative estimate of drug-likeness (QED) is 0.379. The molecule has 0 atom stereocenters. The molecular weight excluding hydrogens is 538 g/mol. The van der Waals surface area contributed by atoms with E-state index in [2.05, 4.69) is 4.98 Å². The van der Waals surface area contributed by atoms with Gasteiger partial charge in [-0.05, 0) is 36.4 Å². The van der Waals surface area contributed by atoms with Crippen LogP contribution in [-0.4, -0.2) is 34.2 Å². The number of rotatable bonds is 6. The van der Waals surface area contributed by atoms with E-state index in [0.717, 1.165) is 18.2 Å². The first-order chi connectivity index (χ1) is 18.0. The van der Waals surface area contributed by atoms with Gasteiger partial charge < -0.3 is 9.13 Å². The number of halogens is 3. The Morgan fingerprint density at radius 1 is 1.18 bits per heavy atom. The molecule has 12 heteroatoms. The standard InChI is InChI=1S/C26H19ClF2N4O4S/c1-32-13-23(30-14-32)38(36,37)31-26(35)25-24(18-4-2-3-5-22(18)34)19-11-16(27)6-9-21(19)33(25)12-15-10-17(28)7-8-20(15)29/h2-4,6-11,13-14H,5,12H2,1H3,(H,31,35). The Morgan fingerprint density at radius 3 is 2.68 bits per heavy atom. The van der Waals surface area contributed by atoms with E-state index in [0.29, 0.717) is 15.9 Å². The van der Waals surface area contributed by atoms with Crippen molar-refractivity contribution in [3.8, 4) is 0 Å². The fraction of sp³-hybridized carbons (Fsp3) is 0.115. The Hall–Kier alpha value is -4.09. The van der Waals surface area contributed by atoms with Gasteiger partial charge in [-0.3, -0.25) is 9.59 Å². The fourth-order valence-corrected chi connectivity index (χ4v) is 5.46. The van der Waals surface area contributed by atoms with Crippen LogP contribution in [0.5, 0.6) is 0 Å². The van der Waals surface area contributed by atoms with Crippen molar-refractivity contribution in [1.82, 2.24) is 18.8 Å².